The third kappa shape index (κ3) is 3.48. The van der Waals surface area contributed by atoms with E-state index in [4.69, 9.17) is 4.74 Å². The summed E-state index contributed by atoms with van der Waals surface area (Å²) in [7, 11) is 1.66. The monoisotopic (exact) mass is 384 g/mol. The Kier molecular flexibility index (Phi) is 4.95. The van der Waals surface area contributed by atoms with Gasteiger partial charge in [0.05, 0.1) is 18.4 Å². The smallest absolute Gasteiger partial charge is 0.233 e. The minimum Gasteiger partial charge on any atom is -0.497 e. The molecular formula is C20H24N4O2S. The lowest BCUT2D eigenvalue weighted by Crippen LogP contribution is -2.40. The number of hydrogen-bond acceptors (Lipinski definition) is 5. The number of carbonyl (C=O) groups excluding carboxylic acids is 1. The van der Waals surface area contributed by atoms with Gasteiger partial charge in [0.25, 0.3) is 0 Å². The van der Waals surface area contributed by atoms with E-state index in [-0.39, 0.29) is 5.91 Å². The van der Waals surface area contributed by atoms with Crippen LogP contribution in [0.5, 0.6) is 5.75 Å². The molecule has 3 heterocycles. The highest BCUT2D eigenvalue weighted by molar-refractivity contribution is 7.99. The third-order valence-corrected chi connectivity index (χ3v) is 6.08. The van der Waals surface area contributed by atoms with Crippen LogP contribution in [0.3, 0.4) is 0 Å². The molecule has 1 aliphatic rings. The first-order chi connectivity index (χ1) is 13.1. The zero-order chi connectivity index (χ0) is 19.0. The Morgan fingerprint density at radius 1 is 1.33 bits per heavy atom. The maximum absolute atomic E-state index is 12.6. The Morgan fingerprint density at radius 3 is 2.96 bits per heavy atom. The van der Waals surface area contributed by atoms with Gasteiger partial charge in [0.15, 0.2) is 10.8 Å². The van der Waals surface area contributed by atoms with Crippen LogP contribution in [-0.2, 0) is 4.79 Å². The summed E-state index contributed by atoms with van der Waals surface area (Å²) in [5, 5.41) is 10.5. The van der Waals surface area contributed by atoms with Crippen LogP contribution in [0.4, 0.5) is 0 Å². The van der Waals surface area contributed by atoms with E-state index in [1.165, 1.54) is 18.2 Å². The average Bonchev–Trinajstić information content (AvgIpc) is 3.11. The highest BCUT2D eigenvalue weighted by Crippen LogP contribution is 2.28. The minimum atomic E-state index is 0.179. The number of hydrogen-bond donors (Lipinski definition) is 0. The number of amides is 1. The van der Waals surface area contributed by atoms with E-state index in [9.17, 15) is 4.79 Å². The van der Waals surface area contributed by atoms with Crippen molar-refractivity contribution in [3.63, 3.8) is 0 Å². The fourth-order valence-corrected chi connectivity index (χ4v) is 4.58. The van der Waals surface area contributed by atoms with Crippen LogP contribution in [0.15, 0.2) is 29.4 Å². The number of rotatable bonds is 4. The van der Waals surface area contributed by atoms with E-state index in [1.54, 1.807) is 7.11 Å². The molecule has 0 N–H and O–H groups in total. The molecule has 1 aromatic carbocycles. The maximum Gasteiger partial charge on any atom is 0.233 e. The maximum atomic E-state index is 12.6. The molecule has 0 spiro atoms. The average molecular weight is 385 g/mol. The number of piperidine rings is 1. The van der Waals surface area contributed by atoms with Crippen molar-refractivity contribution in [2.75, 3.05) is 26.0 Å². The molecule has 1 saturated heterocycles. The van der Waals surface area contributed by atoms with Gasteiger partial charge >= 0.3 is 0 Å². The van der Waals surface area contributed by atoms with Gasteiger partial charge < -0.3 is 9.64 Å². The van der Waals surface area contributed by atoms with Crippen molar-refractivity contribution < 1.29 is 9.53 Å². The van der Waals surface area contributed by atoms with Crippen LogP contribution >= 0.6 is 11.8 Å². The Hall–Kier alpha value is -2.28. The molecule has 3 aromatic rings. The van der Waals surface area contributed by atoms with E-state index in [2.05, 4.69) is 23.2 Å². The van der Waals surface area contributed by atoms with Crippen LogP contribution in [0.2, 0.25) is 0 Å². The Balaban J connectivity index is 1.64. The summed E-state index contributed by atoms with van der Waals surface area (Å²) < 4.78 is 7.42. The van der Waals surface area contributed by atoms with Gasteiger partial charge in [-0.2, -0.15) is 0 Å². The van der Waals surface area contributed by atoms with E-state index < -0.39 is 0 Å². The van der Waals surface area contributed by atoms with Gasteiger partial charge in [0.1, 0.15) is 5.75 Å². The lowest BCUT2D eigenvalue weighted by molar-refractivity contribution is -0.130. The van der Waals surface area contributed by atoms with Crippen LogP contribution in [-0.4, -0.2) is 51.4 Å². The molecule has 1 fully saturated rings. The van der Waals surface area contributed by atoms with E-state index in [1.807, 2.05) is 34.4 Å². The third-order valence-electron chi connectivity index (χ3n) is 5.17. The van der Waals surface area contributed by atoms with Gasteiger partial charge in [-0.05, 0) is 54.8 Å². The quantitative estimate of drug-likeness (QED) is 0.644. The highest BCUT2D eigenvalue weighted by Gasteiger charge is 2.22. The number of aromatic nitrogens is 3. The van der Waals surface area contributed by atoms with E-state index in [0.717, 1.165) is 52.5 Å². The van der Waals surface area contributed by atoms with Crippen molar-refractivity contribution in [1.29, 1.82) is 0 Å². The van der Waals surface area contributed by atoms with Crippen LogP contribution in [0.25, 0.3) is 16.6 Å². The molecule has 6 nitrogen and oxygen atoms in total. The Morgan fingerprint density at radius 2 is 2.19 bits per heavy atom. The number of benzene rings is 1. The number of methoxy groups -OCH3 is 1. The van der Waals surface area contributed by atoms with Crippen LogP contribution in [0.1, 0.15) is 25.3 Å². The number of ether oxygens (including phenoxy) is 1. The summed E-state index contributed by atoms with van der Waals surface area (Å²) in [6, 6.07) is 8.08. The predicted molar refractivity (Wildman–Crippen MR) is 107 cm³/mol. The van der Waals surface area contributed by atoms with Crippen molar-refractivity contribution in [3.8, 4) is 5.75 Å². The number of pyridine rings is 1. The minimum absolute atomic E-state index is 0.179. The molecular weight excluding hydrogens is 360 g/mol. The van der Waals surface area contributed by atoms with Crippen LogP contribution < -0.4 is 4.74 Å². The second-order valence-electron chi connectivity index (χ2n) is 7.27. The van der Waals surface area contributed by atoms with Gasteiger partial charge in [-0.3, -0.25) is 9.20 Å². The SMILES string of the molecule is COc1ccc2cc(C)c3nnc(SCC(=O)N4CCC[C@@H](C)C4)n3c2c1. The zero-order valence-corrected chi connectivity index (χ0v) is 16.8. The lowest BCUT2D eigenvalue weighted by atomic mass is 10.0. The number of aryl methyl sites for hydroxylation is 1. The number of carbonyl (C=O) groups is 1. The molecule has 1 atom stereocenters. The molecule has 0 bridgehead atoms. The molecule has 142 valence electrons. The van der Waals surface area contributed by atoms with Gasteiger partial charge in [-0.1, -0.05) is 18.7 Å². The second-order valence-corrected chi connectivity index (χ2v) is 8.21. The zero-order valence-electron chi connectivity index (χ0n) is 15.9. The Labute approximate surface area is 162 Å². The molecule has 0 saturated carbocycles. The predicted octanol–water partition coefficient (Wildman–Crippen LogP) is 3.55. The van der Waals surface area contributed by atoms with Crippen molar-refractivity contribution in [2.24, 2.45) is 5.92 Å². The first-order valence-corrected chi connectivity index (χ1v) is 10.3. The first kappa shape index (κ1) is 18.1. The van der Waals surface area contributed by atoms with Crippen molar-refractivity contribution in [1.82, 2.24) is 19.5 Å². The standard InChI is InChI=1S/C20H24N4O2S/c1-13-5-4-8-23(11-13)18(25)12-27-20-22-21-19-14(2)9-15-6-7-16(26-3)10-17(15)24(19)20/h6-7,9-10,13H,4-5,8,11-12H2,1-3H3/t13-/m1/s1. The summed E-state index contributed by atoms with van der Waals surface area (Å²) in [5.74, 6) is 1.93. The molecule has 0 radical (unpaired) electrons. The van der Waals surface area contributed by atoms with Crippen molar-refractivity contribution >= 4 is 34.2 Å². The molecule has 1 amide bonds. The van der Waals surface area contributed by atoms with Gasteiger partial charge in [-0.25, -0.2) is 0 Å². The summed E-state index contributed by atoms with van der Waals surface area (Å²) in [5.41, 5.74) is 2.86. The fourth-order valence-electron chi connectivity index (χ4n) is 3.73. The number of nitrogens with zero attached hydrogens (tertiary/aromatic N) is 4. The van der Waals surface area contributed by atoms with Gasteiger partial charge in [0, 0.05) is 19.2 Å². The molecule has 2 aromatic heterocycles. The molecule has 0 aliphatic carbocycles. The van der Waals surface area contributed by atoms with Crippen LogP contribution in [0, 0.1) is 12.8 Å². The van der Waals surface area contributed by atoms with Crippen molar-refractivity contribution in [2.45, 2.75) is 31.8 Å². The summed E-state index contributed by atoms with van der Waals surface area (Å²) in [6.45, 7) is 5.96. The highest BCUT2D eigenvalue weighted by atomic mass is 32.2. The second kappa shape index (κ2) is 7.38. The summed E-state index contributed by atoms with van der Waals surface area (Å²) >= 11 is 1.45. The summed E-state index contributed by atoms with van der Waals surface area (Å²) in [4.78, 5) is 14.6. The van der Waals surface area contributed by atoms with Gasteiger partial charge in [0.2, 0.25) is 5.91 Å². The molecule has 7 heteroatoms. The van der Waals surface area contributed by atoms with Crippen molar-refractivity contribution in [3.05, 3.63) is 29.8 Å². The fraction of sp³-hybridized carbons (Fsp3) is 0.450. The molecule has 1 aliphatic heterocycles. The molecule has 27 heavy (non-hydrogen) atoms. The summed E-state index contributed by atoms with van der Waals surface area (Å²) in [6.07, 6.45) is 2.30. The topological polar surface area (TPSA) is 59.7 Å². The first-order valence-electron chi connectivity index (χ1n) is 9.30. The molecule has 0 unspecified atom stereocenters. The normalized spacial score (nSPS) is 17.6. The Bertz CT molecular complexity index is 1000. The largest absolute Gasteiger partial charge is 0.497 e. The number of fused-ring (bicyclic) bond motifs is 3. The van der Waals surface area contributed by atoms with Gasteiger partial charge in [-0.15, -0.1) is 10.2 Å². The number of likely N-dealkylation sites (tertiary alicyclic amines) is 1. The lowest BCUT2D eigenvalue weighted by Gasteiger charge is -2.30. The van der Waals surface area contributed by atoms with E-state index in [0.29, 0.717) is 11.7 Å². The molecule has 4 rings (SSSR count). The van der Waals surface area contributed by atoms with E-state index >= 15 is 0 Å². The number of thioether (sulfide) groups is 1.